The number of fused-ring (bicyclic) bond motifs is 1. The van der Waals surface area contributed by atoms with Gasteiger partial charge in [0.1, 0.15) is 5.75 Å². The van der Waals surface area contributed by atoms with E-state index in [2.05, 4.69) is 6.07 Å². The van der Waals surface area contributed by atoms with Crippen LogP contribution in [-0.4, -0.2) is 14.2 Å². The zero-order valence-electron chi connectivity index (χ0n) is 11.1. The van der Waals surface area contributed by atoms with Crippen LogP contribution in [0.15, 0.2) is 42.5 Å². The molecule has 0 saturated carbocycles. The number of rotatable bonds is 3. The van der Waals surface area contributed by atoms with Gasteiger partial charge in [0.15, 0.2) is 11.6 Å². The second kappa shape index (κ2) is 5.13. The maximum absolute atomic E-state index is 13.5. The quantitative estimate of drug-likeness (QED) is 0.694. The first-order chi connectivity index (χ1) is 9.71. The van der Waals surface area contributed by atoms with Gasteiger partial charge in [0, 0.05) is 9.58 Å². The molecule has 0 aliphatic heterocycles. The molecule has 0 bridgehead atoms. The molecule has 0 amide bonds. The van der Waals surface area contributed by atoms with Gasteiger partial charge in [-0.2, -0.15) is 0 Å². The highest BCUT2D eigenvalue weighted by Crippen LogP contribution is 2.36. The molecular weight excluding hydrogens is 275 g/mol. The van der Waals surface area contributed by atoms with E-state index in [1.54, 1.807) is 30.6 Å². The Bertz CT molecular complexity index is 764. The van der Waals surface area contributed by atoms with Crippen LogP contribution in [-0.2, 0) is 0 Å². The van der Waals surface area contributed by atoms with Crippen molar-refractivity contribution in [1.29, 1.82) is 0 Å². The molecule has 0 spiro atoms. The first kappa shape index (κ1) is 12.9. The van der Waals surface area contributed by atoms with Gasteiger partial charge in [-0.3, -0.25) is 0 Å². The Hall–Kier alpha value is -2.07. The van der Waals surface area contributed by atoms with Crippen molar-refractivity contribution in [2.75, 3.05) is 14.2 Å². The maximum Gasteiger partial charge on any atom is 0.165 e. The summed E-state index contributed by atoms with van der Waals surface area (Å²) >= 11 is 1.65. The van der Waals surface area contributed by atoms with Crippen molar-refractivity contribution in [3.05, 3.63) is 48.3 Å². The lowest BCUT2D eigenvalue weighted by Crippen LogP contribution is -1.87. The fourth-order valence-electron chi connectivity index (χ4n) is 2.09. The van der Waals surface area contributed by atoms with Crippen LogP contribution in [0.4, 0.5) is 4.39 Å². The van der Waals surface area contributed by atoms with E-state index >= 15 is 0 Å². The van der Waals surface area contributed by atoms with Crippen molar-refractivity contribution >= 4 is 21.4 Å². The predicted molar refractivity (Wildman–Crippen MR) is 80.3 cm³/mol. The maximum atomic E-state index is 13.5. The van der Waals surface area contributed by atoms with Crippen molar-refractivity contribution in [2.24, 2.45) is 0 Å². The van der Waals surface area contributed by atoms with E-state index in [0.29, 0.717) is 0 Å². The molecule has 3 aromatic rings. The number of hydrogen-bond acceptors (Lipinski definition) is 3. The van der Waals surface area contributed by atoms with Gasteiger partial charge < -0.3 is 9.47 Å². The number of methoxy groups -OCH3 is 2. The molecule has 3 rings (SSSR count). The van der Waals surface area contributed by atoms with E-state index in [0.717, 1.165) is 26.3 Å². The molecule has 0 saturated heterocycles. The summed E-state index contributed by atoms with van der Waals surface area (Å²) in [5.74, 6) is 0.749. The van der Waals surface area contributed by atoms with Crippen molar-refractivity contribution < 1.29 is 13.9 Å². The fraction of sp³-hybridized carbons (Fsp3) is 0.125. The van der Waals surface area contributed by atoms with Gasteiger partial charge in [0.2, 0.25) is 0 Å². The van der Waals surface area contributed by atoms with Crippen LogP contribution < -0.4 is 9.47 Å². The van der Waals surface area contributed by atoms with Crippen LogP contribution in [0.25, 0.3) is 20.5 Å². The Morgan fingerprint density at radius 2 is 1.80 bits per heavy atom. The Labute approximate surface area is 120 Å². The molecule has 2 nitrogen and oxygen atoms in total. The van der Waals surface area contributed by atoms with Gasteiger partial charge in [-0.25, -0.2) is 4.39 Å². The topological polar surface area (TPSA) is 18.5 Å². The summed E-state index contributed by atoms with van der Waals surface area (Å²) in [5, 5.41) is 1.15. The summed E-state index contributed by atoms with van der Waals surface area (Å²) in [6.45, 7) is 0. The van der Waals surface area contributed by atoms with Crippen molar-refractivity contribution in [2.45, 2.75) is 0 Å². The molecule has 0 atom stereocenters. The first-order valence-electron chi connectivity index (χ1n) is 6.13. The average Bonchev–Trinajstić information content (AvgIpc) is 2.90. The number of halogens is 1. The molecule has 1 heterocycles. The molecule has 4 heteroatoms. The Balaban J connectivity index is 2.09. The molecule has 0 unspecified atom stereocenters. The van der Waals surface area contributed by atoms with Crippen LogP contribution in [0.2, 0.25) is 0 Å². The van der Waals surface area contributed by atoms with E-state index in [1.807, 2.05) is 18.2 Å². The number of thiophene rings is 1. The summed E-state index contributed by atoms with van der Waals surface area (Å²) in [5.41, 5.74) is 0.948. The number of ether oxygens (including phenoxy) is 2. The predicted octanol–water partition coefficient (Wildman–Crippen LogP) is 4.72. The van der Waals surface area contributed by atoms with Crippen molar-refractivity contribution in [3.63, 3.8) is 0 Å². The third kappa shape index (κ3) is 2.23. The lowest BCUT2D eigenvalue weighted by molar-refractivity contribution is 0.387. The lowest BCUT2D eigenvalue weighted by atomic mass is 10.1. The van der Waals surface area contributed by atoms with Gasteiger partial charge in [-0.15, -0.1) is 11.3 Å². The molecule has 0 radical (unpaired) electrons. The largest absolute Gasteiger partial charge is 0.497 e. The molecule has 0 fully saturated rings. The lowest BCUT2D eigenvalue weighted by Gasteiger charge is -2.03. The number of hydrogen-bond donors (Lipinski definition) is 0. The molecular formula is C16H13FO2S. The van der Waals surface area contributed by atoms with Gasteiger partial charge in [-0.1, -0.05) is 6.07 Å². The SMILES string of the molecule is COc1ccc2cc(-c3ccc(F)c(OC)c3)sc2c1. The number of benzene rings is 2. The zero-order valence-corrected chi connectivity index (χ0v) is 12.0. The van der Waals surface area contributed by atoms with Crippen LogP contribution in [0.1, 0.15) is 0 Å². The molecule has 102 valence electrons. The highest BCUT2D eigenvalue weighted by Gasteiger charge is 2.09. The summed E-state index contributed by atoms with van der Waals surface area (Å²) in [6.07, 6.45) is 0. The fourth-order valence-corrected chi connectivity index (χ4v) is 3.18. The van der Waals surface area contributed by atoms with Crippen LogP contribution in [0, 0.1) is 5.82 Å². The van der Waals surface area contributed by atoms with Crippen LogP contribution in [0.5, 0.6) is 11.5 Å². The molecule has 0 N–H and O–H groups in total. The summed E-state index contributed by atoms with van der Waals surface area (Å²) < 4.78 is 24.8. The smallest absolute Gasteiger partial charge is 0.165 e. The minimum absolute atomic E-state index is 0.262. The van der Waals surface area contributed by atoms with Crippen LogP contribution >= 0.6 is 11.3 Å². The molecule has 1 aromatic heterocycles. The highest BCUT2D eigenvalue weighted by molar-refractivity contribution is 7.22. The van der Waals surface area contributed by atoms with Gasteiger partial charge in [0.25, 0.3) is 0 Å². The van der Waals surface area contributed by atoms with E-state index in [9.17, 15) is 4.39 Å². The Morgan fingerprint density at radius 3 is 2.55 bits per heavy atom. The van der Waals surface area contributed by atoms with Crippen molar-refractivity contribution in [3.8, 4) is 21.9 Å². The second-order valence-electron chi connectivity index (χ2n) is 4.36. The minimum Gasteiger partial charge on any atom is -0.497 e. The van der Waals surface area contributed by atoms with E-state index in [4.69, 9.17) is 9.47 Å². The van der Waals surface area contributed by atoms with Crippen LogP contribution in [0.3, 0.4) is 0 Å². The van der Waals surface area contributed by atoms with Crippen molar-refractivity contribution in [1.82, 2.24) is 0 Å². The zero-order chi connectivity index (χ0) is 14.1. The average molecular weight is 288 g/mol. The van der Waals surface area contributed by atoms with Gasteiger partial charge in [-0.05, 0) is 47.3 Å². The standard InChI is InChI=1S/C16H13FO2S/c1-18-12-5-3-11-8-15(20-16(11)9-12)10-4-6-13(17)14(7-10)19-2/h3-9H,1-2H3. The van der Waals surface area contributed by atoms with Gasteiger partial charge in [0.05, 0.1) is 14.2 Å². The third-order valence-electron chi connectivity index (χ3n) is 3.16. The molecule has 2 aromatic carbocycles. The van der Waals surface area contributed by atoms with E-state index < -0.39 is 0 Å². The molecule has 20 heavy (non-hydrogen) atoms. The molecule has 0 aliphatic carbocycles. The summed E-state index contributed by atoms with van der Waals surface area (Å²) in [4.78, 5) is 1.08. The normalized spacial score (nSPS) is 10.8. The Morgan fingerprint density at radius 1 is 0.950 bits per heavy atom. The minimum atomic E-state index is -0.348. The van der Waals surface area contributed by atoms with E-state index in [-0.39, 0.29) is 11.6 Å². The Kier molecular flexibility index (Phi) is 3.32. The van der Waals surface area contributed by atoms with E-state index in [1.165, 1.54) is 13.2 Å². The summed E-state index contributed by atoms with van der Waals surface area (Å²) in [7, 11) is 3.12. The highest BCUT2D eigenvalue weighted by atomic mass is 32.1. The first-order valence-corrected chi connectivity index (χ1v) is 6.94. The summed E-state index contributed by atoms with van der Waals surface area (Å²) in [6, 6.07) is 13.0. The third-order valence-corrected chi connectivity index (χ3v) is 4.31. The second-order valence-corrected chi connectivity index (χ2v) is 5.45. The molecule has 0 aliphatic rings. The van der Waals surface area contributed by atoms with Gasteiger partial charge >= 0.3 is 0 Å². The monoisotopic (exact) mass is 288 g/mol.